The molecule has 2 rings (SSSR count). The molecule has 1 aliphatic rings. The monoisotopic (exact) mass is 309 g/mol. The first-order valence-corrected chi connectivity index (χ1v) is 8.35. The van der Waals surface area contributed by atoms with Gasteiger partial charge in [0, 0.05) is 24.7 Å². The first kappa shape index (κ1) is 15.6. The summed E-state index contributed by atoms with van der Waals surface area (Å²) in [4.78, 5) is 22.2. The van der Waals surface area contributed by atoms with Crippen LogP contribution in [-0.4, -0.2) is 29.4 Å². The van der Waals surface area contributed by atoms with Crippen molar-refractivity contribution in [1.82, 2.24) is 0 Å². The van der Waals surface area contributed by atoms with Gasteiger partial charge in [-0.3, -0.25) is 14.9 Å². The van der Waals surface area contributed by atoms with Crippen molar-refractivity contribution in [2.24, 2.45) is 0 Å². The fraction of sp³-hybridized carbons (Fsp3) is 0.500. The van der Waals surface area contributed by atoms with E-state index in [1.54, 1.807) is 23.9 Å². The zero-order valence-corrected chi connectivity index (χ0v) is 12.8. The van der Waals surface area contributed by atoms with E-state index in [1.165, 1.54) is 0 Å². The van der Waals surface area contributed by atoms with Crippen molar-refractivity contribution in [2.75, 3.05) is 29.2 Å². The van der Waals surface area contributed by atoms with Crippen molar-refractivity contribution in [3.05, 3.63) is 27.8 Å². The molecule has 6 nitrogen and oxygen atoms in total. The quantitative estimate of drug-likeness (QED) is 0.459. The summed E-state index contributed by atoms with van der Waals surface area (Å²) in [5.41, 5.74) is 2.07. The normalized spacial score (nSPS) is 13.5. The van der Waals surface area contributed by atoms with E-state index < -0.39 is 0 Å². The number of nitro groups is 1. The van der Waals surface area contributed by atoms with Crippen LogP contribution >= 0.6 is 11.8 Å². The number of aryl methyl sites for hydroxylation is 1. The molecule has 0 spiro atoms. The zero-order valence-electron chi connectivity index (χ0n) is 12.0. The van der Waals surface area contributed by atoms with Crippen LogP contribution in [0.1, 0.15) is 24.8 Å². The van der Waals surface area contributed by atoms with Crippen LogP contribution in [0.15, 0.2) is 12.1 Å². The number of unbranched alkanes of at least 4 members (excludes halogenated alkanes) is 1. The second kappa shape index (κ2) is 7.31. The van der Waals surface area contributed by atoms with Gasteiger partial charge >= 0.3 is 0 Å². The average Bonchev–Trinajstić information content (AvgIpc) is 2.46. The lowest BCUT2D eigenvalue weighted by atomic mass is 10.0. The topological polar surface area (TPSA) is 84.3 Å². The van der Waals surface area contributed by atoms with Gasteiger partial charge in [-0.1, -0.05) is 0 Å². The average molecular weight is 309 g/mol. The largest absolute Gasteiger partial charge is 0.379 e. The third kappa shape index (κ3) is 4.10. The number of carbonyl (C=O) groups is 1. The molecule has 7 heteroatoms. The van der Waals surface area contributed by atoms with E-state index in [2.05, 4.69) is 16.9 Å². The van der Waals surface area contributed by atoms with Gasteiger partial charge in [-0.2, -0.15) is 11.8 Å². The first-order chi connectivity index (χ1) is 10.1. The molecule has 1 heterocycles. The van der Waals surface area contributed by atoms with Crippen LogP contribution in [0.3, 0.4) is 0 Å². The Hall–Kier alpha value is -1.76. The number of anilines is 2. The molecule has 0 saturated carbocycles. The summed E-state index contributed by atoms with van der Waals surface area (Å²) in [5, 5.41) is 17.1. The van der Waals surface area contributed by atoms with Gasteiger partial charge in [0.05, 0.1) is 4.92 Å². The number of nitrogens with zero attached hydrogens (tertiary/aromatic N) is 1. The smallest absolute Gasteiger partial charge is 0.292 e. The maximum atomic E-state index is 11.4. The highest BCUT2D eigenvalue weighted by Crippen LogP contribution is 2.34. The van der Waals surface area contributed by atoms with E-state index in [0.717, 1.165) is 24.2 Å². The molecule has 0 unspecified atom stereocenters. The van der Waals surface area contributed by atoms with Gasteiger partial charge in [-0.25, -0.2) is 0 Å². The van der Waals surface area contributed by atoms with Crippen molar-refractivity contribution in [1.29, 1.82) is 0 Å². The number of nitrogens with one attached hydrogen (secondary N) is 2. The highest BCUT2D eigenvalue weighted by Gasteiger charge is 2.22. The number of amides is 1. The maximum absolute atomic E-state index is 11.4. The lowest BCUT2D eigenvalue weighted by Crippen LogP contribution is -2.19. The molecule has 114 valence electrons. The Bertz CT molecular complexity index is 549. The van der Waals surface area contributed by atoms with Crippen molar-refractivity contribution in [2.45, 2.75) is 25.7 Å². The number of hydrogen-bond donors (Lipinski definition) is 2. The van der Waals surface area contributed by atoms with Crippen LogP contribution in [-0.2, 0) is 11.2 Å². The second-order valence-corrected chi connectivity index (χ2v) is 5.94. The number of thioether (sulfide) groups is 1. The third-order valence-electron chi connectivity index (χ3n) is 3.40. The molecule has 0 fully saturated rings. The Labute approximate surface area is 127 Å². The maximum Gasteiger partial charge on any atom is 0.292 e. The Kier molecular flexibility index (Phi) is 5.44. The van der Waals surface area contributed by atoms with Crippen molar-refractivity contribution in [3.63, 3.8) is 0 Å². The Balaban J connectivity index is 2.12. The molecule has 0 atom stereocenters. The molecular weight excluding hydrogens is 290 g/mol. The number of carbonyl (C=O) groups excluding carboxylic acids is 1. The van der Waals surface area contributed by atoms with E-state index in [9.17, 15) is 14.9 Å². The molecule has 1 aromatic carbocycles. The number of benzene rings is 1. The van der Waals surface area contributed by atoms with Gasteiger partial charge in [-0.15, -0.1) is 0 Å². The predicted molar refractivity (Wildman–Crippen MR) is 86.2 cm³/mol. The molecule has 1 aromatic rings. The van der Waals surface area contributed by atoms with Crippen molar-refractivity contribution < 1.29 is 9.72 Å². The number of nitro benzene ring substituents is 1. The molecule has 0 aliphatic carbocycles. The molecule has 1 aliphatic heterocycles. The van der Waals surface area contributed by atoms with E-state index in [0.29, 0.717) is 30.8 Å². The highest BCUT2D eigenvalue weighted by molar-refractivity contribution is 7.98. The summed E-state index contributed by atoms with van der Waals surface area (Å²) in [5.74, 6) is 1.05. The van der Waals surface area contributed by atoms with Crippen LogP contribution in [0.5, 0.6) is 0 Å². The number of fused-ring (bicyclic) bond motifs is 1. The molecule has 0 saturated heterocycles. The summed E-state index contributed by atoms with van der Waals surface area (Å²) in [6, 6.07) is 3.25. The van der Waals surface area contributed by atoms with Gasteiger partial charge in [0.15, 0.2) is 0 Å². The molecule has 0 bridgehead atoms. The van der Waals surface area contributed by atoms with Gasteiger partial charge in [0.25, 0.3) is 5.69 Å². The molecule has 0 aromatic heterocycles. The van der Waals surface area contributed by atoms with Crippen LogP contribution in [0.4, 0.5) is 17.1 Å². The molecule has 21 heavy (non-hydrogen) atoms. The van der Waals surface area contributed by atoms with E-state index in [-0.39, 0.29) is 16.5 Å². The summed E-state index contributed by atoms with van der Waals surface area (Å²) in [6.45, 7) is 0.689. The van der Waals surface area contributed by atoms with Crippen molar-refractivity contribution in [3.8, 4) is 0 Å². The standard InChI is InChI=1S/C14H19N3O3S/c1-21-7-3-2-6-15-12-9-11-10(4-5-14(18)16-11)8-13(12)17(19)20/h8-9,15H,2-7H2,1H3,(H,16,18). The predicted octanol–water partition coefficient (Wildman–Crippen LogP) is 3.03. The van der Waals surface area contributed by atoms with E-state index in [1.807, 2.05) is 0 Å². The van der Waals surface area contributed by atoms with Crippen LogP contribution in [0.25, 0.3) is 0 Å². The zero-order chi connectivity index (χ0) is 15.2. The van der Waals surface area contributed by atoms with Crippen LogP contribution in [0.2, 0.25) is 0 Å². The van der Waals surface area contributed by atoms with Crippen molar-refractivity contribution >= 4 is 34.7 Å². The van der Waals surface area contributed by atoms with Gasteiger partial charge < -0.3 is 10.6 Å². The molecule has 2 N–H and O–H groups in total. The van der Waals surface area contributed by atoms with E-state index in [4.69, 9.17) is 0 Å². The van der Waals surface area contributed by atoms with Gasteiger partial charge in [0.1, 0.15) is 5.69 Å². The Morgan fingerprint density at radius 1 is 1.38 bits per heavy atom. The fourth-order valence-corrected chi connectivity index (χ4v) is 2.80. The minimum atomic E-state index is -0.374. The Morgan fingerprint density at radius 3 is 2.90 bits per heavy atom. The lowest BCUT2D eigenvalue weighted by molar-refractivity contribution is -0.384. The van der Waals surface area contributed by atoms with E-state index >= 15 is 0 Å². The van der Waals surface area contributed by atoms with Gasteiger partial charge in [0.2, 0.25) is 5.91 Å². The Morgan fingerprint density at radius 2 is 2.19 bits per heavy atom. The SMILES string of the molecule is CSCCCCNc1cc2c(cc1[N+](=O)[O-])CCC(=O)N2. The molecular formula is C14H19N3O3S. The highest BCUT2D eigenvalue weighted by atomic mass is 32.2. The minimum Gasteiger partial charge on any atom is -0.379 e. The summed E-state index contributed by atoms with van der Waals surface area (Å²) in [7, 11) is 0. The lowest BCUT2D eigenvalue weighted by Gasteiger charge is -2.18. The van der Waals surface area contributed by atoms with Gasteiger partial charge in [-0.05, 0) is 42.9 Å². The molecule has 0 radical (unpaired) electrons. The van der Waals surface area contributed by atoms with Crippen LogP contribution in [0, 0.1) is 10.1 Å². The first-order valence-electron chi connectivity index (χ1n) is 6.96. The third-order valence-corrected chi connectivity index (χ3v) is 4.10. The number of rotatable bonds is 7. The minimum absolute atomic E-state index is 0.0396. The summed E-state index contributed by atoms with van der Waals surface area (Å²) < 4.78 is 0. The number of hydrogen-bond acceptors (Lipinski definition) is 5. The molecule has 1 amide bonds. The second-order valence-electron chi connectivity index (χ2n) is 4.96. The fourth-order valence-electron chi connectivity index (χ4n) is 2.30. The summed E-state index contributed by atoms with van der Waals surface area (Å²) in [6.07, 6.45) is 5.02. The van der Waals surface area contributed by atoms with Crippen LogP contribution < -0.4 is 10.6 Å². The summed E-state index contributed by atoms with van der Waals surface area (Å²) >= 11 is 1.79.